The van der Waals surface area contributed by atoms with Gasteiger partial charge in [0.25, 0.3) is 5.91 Å². The van der Waals surface area contributed by atoms with Crippen molar-refractivity contribution in [3.8, 4) is 5.75 Å². The third-order valence-corrected chi connectivity index (χ3v) is 4.72. The molecule has 0 unspecified atom stereocenters. The molecule has 2 aromatic carbocycles. The number of benzene rings is 2. The van der Waals surface area contributed by atoms with Crippen LogP contribution in [0.3, 0.4) is 0 Å². The Hall–Kier alpha value is -2.38. The number of hydrogen-bond donors (Lipinski definition) is 2. The zero-order valence-electron chi connectivity index (χ0n) is 14.2. The van der Waals surface area contributed by atoms with Crippen LogP contribution in [0, 0.1) is 0 Å². The van der Waals surface area contributed by atoms with Crippen molar-refractivity contribution in [2.45, 2.75) is 24.8 Å². The summed E-state index contributed by atoms with van der Waals surface area (Å²) in [5, 5.41) is 2.67. The fraction of sp³-hybridized carbons (Fsp3) is 0.278. The normalized spacial score (nSPS) is 11.3. The van der Waals surface area contributed by atoms with Gasteiger partial charge in [-0.2, -0.15) is 0 Å². The van der Waals surface area contributed by atoms with Gasteiger partial charge in [0.1, 0.15) is 5.75 Å². The average Bonchev–Trinajstić information content (AvgIpc) is 2.59. The third-order valence-electron chi connectivity index (χ3n) is 3.24. The number of carbonyl (C=O) groups excluding carboxylic acids is 1. The van der Waals surface area contributed by atoms with Crippen molar-refractivity contribution in [1.82, 2.24) is 10.0 Å². The lowest BCUT2D eigenvalue weighted by Crippen LogP contribution is -2.34. The number of hydrogen-bond acceptors (Lipinski definition) is 4. The Labute approximate surface area is 148 Å². The summed E-state index contributed by atoms with van der Waals surface area (Å²) in [5.41, 5.74) is 0.533. The molecule has 7 heteroatoms. The zero-order chi connectivity index (χ0) is 18.3. The minimum Gasteiger partial charge on any atom is -0.491 e. The van der Waals surface area contributed by atoms with E-state index < -0.39 is 10.0 Å². The van der Waals surface area contributed by atoms with Crippen molar-refractivity contribution in [2.24, 2.45) is 0 Å². The summed E-state index contributed by atoms with van der Waals surface area (Å²) in [5.74, 6) is 0.374. The van der Waals surface area contributed by atoms with Crippen molar-refractivity contribution in [1.29, 1.82) is 0 Å². The first-order valence-electron chi connectivity index (χ1n) is 7.98. The summed E-state index contributed by atoms with van der Waals surface area (Å²) < 4.78 is 32.4. The molecule has 0 saturated carbocycles. The molecule has 0 heterocycles. The molecule has 0 saturated heterocycles. The second kappa shape index (κ2) is 8.64. The van der Waals surface area contributed by atoms with E-state index in [-0.39, 0.29) is 30.0 Å². The fourth-order valence-electron chi connectivity index (χ4n) is 2.11. The van der Waals surface area contributed by atoms with Gasteiger partial charge in [-0.3, -0.25) is 4.79 Å². The topological polar surface area (TPSA) is 84.5 Å². The van der Waals surface area contributed by atoms with E-state index in [4.69, 9.17) is 4.74 Å². The highest BCUT2D eigenvalue weighted by Gasteiger charge is 2.13. The van der Waals surface area contributed by atoms with Crippen molar-refractivity contribution < 1.29 is 17.9 Å². The summed E-state index contributed by atoms with van der Waals surface area (Å²) in [6.07, 6.45) is 0.0220. The lowest BCUT2D eigenvalue weighted by atomic mass is 10.2. The molecule has 2 N–H and O–H groups in total. The van der Waals surface area contributed by atoms with Crippen molar-refractivity contribution in [2.75, 3.05) is 13.1 Å². The second-order valence-corrected chi connectivity index (χ2v) is 7.42. The van der Waals surface area contributed by atoms with Crippen molar-refractivity contribution in [3.05, 3.63) is 60.2 Å². The fourth-order valence-corrected chi connectivity index (χ4v) is 3.14. The largest absolute Gasteiger partial charge is 0.491 e. The lowest BCUT2D eigenvalue weighted by molar-refractivity contribution is 0.0954. The van der Waals surface area contributed by atoms with Crippen LogP contribution >= 0.6 is 0 Å². The Bertz CT molecular complexity index is 788. The van der Waals surface area contributed by atoms with E-state index in [2.05, 4.69) is 10.0 Å². The van der Waals surface area contributed by atoms with E-state index in [1.165, 1.54) is 12.1 Å². The molecule has 0 aromatic heterocycles. The molecule has 134 valence electrons. The minimum atomic E-state index is -3.62. The molecule has 0 atom stereocenters. The number of nitrogens with one attached hydrogen (secondary N) is 2. The summed E-state index contributed by atoms with van der Waals surface area (Å²) in [4.78, 5) is 12.0. The Kier molecular flexibility index (Phi) is 6.55. The Balaban J connectivity index is 1.84. The molecule has 1 amide bonds. The van der Waals surface area contributed by atoms with Gasteiger partial charge in [-0.15, -0.1) is 0 Å². The standard InChI is InChI=1S/C18H22N2O4S/c1-14(2)24-16-8-10-17(11-9-16)25(22,23)20-13-12-19-18(21)15-6-4-3-5-7-15/h3-11,14,20H,12-13H2,1-2H3,(H,19,21). The third kappa shape index (κ3) is 5.88. The van der Waals surface area contributed by atoms with Gasteiger partial charge >= 0.3 is 0 Å². The molecule has 0 aliphatic rings. The second-order valence-electron chi connectivity index (χ2n) is 5.66. The minimum absolute atomic E-state index is 0.0220. The van der Waals surface area contributed by atoms with Crippen LogP contribution in [0.2, 0.25) is 0 Å². The van der Waals surface area contributed by atoms with Gasteiger partial charge in [-0.25, -0.2) is 13.1 Å². The summed E-state index contributed by atoms with van der Waals surface area (Å²) in [6, 6.07) is 15.0. The zero-order valence-corrected chi connectivity index (χ0v) is 15.0. The van der Waals surface area contributed by atoms with E-state index >= 15 is 0 Å². The SMILES string of the molecule is CC(C)Oc1ccc(S(=O)(=O)NCCNC(=O)c2ccccc2)cc1. The van der Waals surface area contributed by atoms with Gasteiger partial charge in [0.15, 0.2) is 0 Å². The van der Waals surface area contributed by atoms with Crippen LogP contribution < -0.4 is 14.8 Å². The molecule has 0 aliphatic heterocycles. The predicted octanol–water partition coefficient (Wildman–Crippen LogP) is 2.18. The average molecular weight is 362 g/mol. The predicted molar refractivity (Wildman–Crippen MR) is 96.2 cm³/mol. The molecule has 2 rings (SSSR count). The molecule has 6 nitrogen and oxygen atoms in total. The lowest BCUT2D eigenvalue weighted by Gasteiger charge is -2.11. The highest BCUT2D eigenvalue weighted by Crippen LogP contribution is 2.16. The monoisotopic (exact) mass is 362 g/mol. The maximum Gasteiger partial charge on any atom is 0.251 e. The molecule has 25 heavy (non-hydrogen) atoms. The van der Waals surface area contributed by atoms with Crippen LogP contribution in [-0.2, 0) is 10.0 Å². The smallest absolute Gasteiger partial charge is 0.251 e. The van der Waals surface area contributed by atoms with Gasteiger partial charge in [-0.05, 0) is 50.2 Å². The Morgan fingerprint density at radius 2 is 1.64 bits per heavy atom. The number of rotatable bonds is 8. The first-order chi connectivity index (χ1) is 11.9. The molecular formula is C18H22N2O4S. The maximum atomic E-state index is 12.2. The van der Waals surface area contributed by atoms with Crippen LogP contribution in [0.1, 0.15) is 24.2 Å². The van der Waals surface area contributed by atoms with E-state index in [9.17, 15) is 13.2 Å². The molecule has 0 fully saturated rings. The number of sulfonamides is 1. The Morgan fingerprint density at radius 3 is 2.24 bits per heavy atom. The van der Waals surface area contributed by atoms with Gasteiger partial charge in [-0.1, -0.05) is 18.2 Å². The summed E-state index contributed by atoms with van der Waals surface area (Å²) in [6.45, 7) is 4.10. The summed E-state index contributed by atoms with van der Waals surface area (Å²) >= 11 is 0. The molecule has 2 aromatic rings. The first kappa shape index (κ1) is 19.0. The van der Waals surface area contributed by atoms with E-state index in [0.717, 1.165) is 0 Å². The number of carbonyl (C=O) groups is 1. The number of ether oxygens (including phenoxy) is 1. The van der Waals surface area contributed by atoms with Crippen LogP contribution in [0.4, 0.5) is 0 Å². The van der Waals surface area contributed by atoms with Gasteiger partial charge in [0.2, 0.25) is 10.0 Å². The van der Waals surface area contributed by atoms with E-state index in [1.807, 2.05) is 19.9 Å². The van der Waals surface area contributed by atoms with E-state index in [1.54, 1.807) is 36.4 Å². The van der Waals surface area contributed by atoms with Crippen LogP contribution in [0.15, 0.2) is 59.5 Å². The molecular weight excluding hydrogens is 340 g/mol. The van der Waals surface area contributed by atoms with Crippen molar-refractivity contribution >= 4 is 15.9 Å². The maximum absolute atomic E-state index is 12.2. The summed E-state index contributed by atoms with van der Waals surface area (Å²) in [7, 11) is -3.62. The van der Waals surface area contributed by atoms with Crippen LogP contribution in [0.5, 0.6) is 5.75 Å². The van der Waals surface area contributed by atoms with Crippen LogP contribution in [-0.4, -0.2) is 33.5 Å². The van der Waals surface area contributed by atoms with Gasteiger partial charge in [0.05, 0.1) is 11.0 Å². The quantitative estimate of drug-likeness (QED) is 0.705. The molecule has 0 spiro atoms. The van der Waals surface area contributed by atoms with Crippen LogP contribution in [0.25, 0.3) is 0 Å². The highest BCUT2D eigenvalue weighted by atomic mass is 32.2. The van der Waals surface area contributed by atoms with Gasteiger partial charge in [0, 0.05) is 18.7 Å². The van der Waals surface area contributed by atoms with Crippen molar-refractivity contribution in [3.63, 3.8) is 0 Å². The van der Waals surface area contributed by atoms with E-state index in [0.29, 0.717) is 11.3 Å². The van der Waals surface area contributed by atoms with Gasteiger partial charge < -0.3 is 10.1 Å². The molecule has 0 bridgehead atoms. The Morgan fingerprint density at radius 1 is 1.00 bits per heavy atom. The molecule has 0 radical (unpaired) electrons. The molecule has 0 aliphatic carbocycles. The highest BCUT2D eigenvalue weighted by molar-refractivity contribution is 7.89. The first-order valence-corrected chi connectivity index (χ1v) is 9.46. The number of amides is 1.